The molecule has 4 aliphatic rings. The van der Waals surface area contributed by atoms with E-state index in [0.29, 0.717) is 25.7 Å². The van der Waals surface area contributed by atoms with E-state index in [-0.39, 0.29) is 42.2 Å². The Kier molecular flexibility index (Phi) is 5.26. The Morgan fingerprint density at radius 3 is 2.67 bits per heavy atom. The van der Waals surface area contributed by atoms with E-state index in [1.54, 1.807) is 6.08 Å². The third kappa shape index (κ3) is 2.85. The minimum absolute atomic E-state index is 0.0242. The predicted molar refractivity (Wildman–Crippen MR) is 105 cm³/mol. The molecule has 0 radical (unpaired) electrons. The monoisotopic (exact) mass is 418 g/mol. The van der Waals surface area contributed by atoms with Crippen molar-refractivity contribution in [2.75, 3.05) is 6.61 Å². The molecule has 0 spiro atoms. The number of carbonyl (C=O) groups is 4. The Morgan fingerprint density at radius 1 is 1.30 bits per heavy atom. The van der Waals surface area contributed by atoms with Crippen molar-refractivity contribution in [1.82, 2.24) is 0 Å². The van der Waals surface area contributed by atoms with E-state index < -0.39 is 41.5 Å². The van der Waals surface area contributed by atoms with Gasteiger partial charge in [-0.25, -0.2) is 0 Å². The SMILES string of the molecule is CC(=O)OC1CC(=O)C=C2CC[C@@H]3[C@H]([C@@H](O)C[C@]4(C=O)[C@@H](C(=O)CO)CC[C@@H]34)[C@]21C. The smallest absolute Gasteiger partial charge is 0.302 e. The lowest BCUT2D eigenvalue weighted by Crippen LogP contribution is -2.61. The molecule has 0 heterocycles. The lowest BCUT2D eigenvalue weighted by Gasteiger charge is -2.60. The summed E-state index contributed by atoms with van der Waals surface area (Å²) < 4.78 is 5.60. The largest absolute Gasteiger partial charge is 0.461 e. The van der Waals surface area contributed by atoms with Crippen LogP contribution in [0.2, 0.25) is 0 Å². The van der Waals surface area contributed by atoms with Crippen LogP contribution in [0.1, 0.15) is 52.4 Å². The van der Waals surface area contributed by atoms with Crippen LogP contribution in [-0.4, -0.2) is 52.8 Å². The van der Waals surface area contributed by atoms with Crippen molar-refractivity contribution >= 4 is 23.8 Å². The molecule has 0 saturated heterocycles. The first-order valence-electron chi connectivity index (χ1n) is 10.9. The highest BCUT2D eigenvalue weighted by Crippen LogP contribution is 2.66. The number of hydrogen-bond donors (Lipinski definition) is 2. The zero-order valence-corrected chi connectivity index (χ0v) is 17.5. The quantitative estimate of drug-likeness (QED) is 0.523. The molecule has 8 atom stereocenters. The second-order valence-electron chi connectivity index (χ2n) is 9.81. The number of hydrogen-bond acceptors (Lipinski definition) is 7. The molecule has 164 valence electrons. The summed E-state index contributed by atoms with van der Waals surface area (Å²) >= 11 is 0. The minimum atomic E-state index is -0.959. The number of Topliss-reactive ketones (excluding diaryl/α,β-unsaturated/α-hetero) is 1. The van der Waals surface area contributed by atoms with Gasteiger partial charge in [0.15, 0.2) is 11.6 Å². The first-order valence-corrected chi connectivity index (χ1v) is 10.9. The van der Waals surface area contributed by atoms with Crippen molar-refractivity contribution in [3.8, 4) is 0 Å². The lowest BCUT2D eigenvalue weighted by atomic mass is 9.45. The average molecular weight is 418 g/mol. The molecule has 4 aliphatic carbocycles. The number of rotatable bonds is 4. The van der Waals surface area contributed by atoms with Crippen LogP contribution in [0.4, 0.5) is 0 Å². The number of aliphatic hydroxyl groups is 2. The molecular weight excluding hydrogens is 388 g/mol. The van der Waals surface area contributed by atoms with E-state index >= 15 is 0 Å². The van der Waals surface area contributed by atoms with Crippen LogP contribution in [0.15, 0.2) is 11.6 Å². The van der Waals surface area contributed by atoms with Gasteiger partial charge in [-0.1, -0.05) is 12.5 Å². The Hall–Kier alpha value is -1.86. The minimum Gasteiger partial charge on any atom is -0.461 e. The molecule has 0 amide bonds. The number of aldehydes is 1. The highest BCUT2D eigenvalue weighted by molar-refractivity contribution is 5.92. The summed E-state index contributed by atoms with van der Waals surface area (Å²) in [7, 11) is 0. The number of carbonyl (C=O) groups excluding carboxylic acids is 4. The second kappa shape index (κ2) is 7.38. The fourth-order valence-electron chi connectivity index (χ4n) is 7.55. The Morgan fingerprint density at radius 2 is 2.03 bits per heavy atom. The zero-order chi connectivity index (χ0) is 21.8. The van der Waals surface area contributed by atoms with Crippen molar-refractivity contribution < 1.29 is 34.1 Å². The number of ether oxygens (including phenoxy) is 1. The van der Waals surface area contributed by atoms with E-state index in [1.165, 1.54) is 6.92 Å². The van der Waals surface area contributed by atoms with Crippen molar-refractivity contribution in [3.05, 3.63) is 11.6 Å². The Bertz CT molecular complexity index is 816. The maximum Gasteiger partial charge on any atom is 0.302 e. The second-order valence-corrected chi connectivity index (χ2v) is 9.81. The van der Waals surface area contributed by atoms with Gasteiger partial charge in [0.25, 0.3) is 0 Å². The molecule has 0 bridgehead atoms. The van der Waals surface area contributed by atoms with Gasteiger partial charge in [-0.05, 0) is 50.0 Å². The maximum atomic E-state index is 12.4. The van der Waals surface area contributed by atoms with Gasteiger partial charge in [-0.3, -0.25) is 14.4 Å². The molecule has 0 aromatic carbocycles. The highest BCUT2D eigenvalue weighted by atomic mass is 16.5. The summed E-state index contributed by atoms with van der Waals surface area (Å²) in [4.78, 5) is 48.8. The summed E-state index contributed by atoms with van der Waals surface area (Å²) in [5.41, 5.74) is -0.736. The standard InChI is InChI=1S/C23H30O7/c1-12(26)30-20-8-14(27)7-13-3-4-15-16-5-6-17(19(29)10-24)23(16,11-25)9-18(28)21(15)22(13,20)2/h7,11,15-18,20-21,24,28H,3-6,8-10H2,1-2H3/t15-,16-,17+,18-,20?,21+,22+,23+/m0/s1. The lowest BCUT2D eigenvalue weighted by molar-refractivity contribution is -0.181. The van der Waals surface area contributed by atoms with Gasteiger partial charge < -0.3 is 19.7 Å². The Labute approximate surface area is 175 Å². The fourth-order valence-corrected chi connectivity index (χ4v) is 7.55. The maximum absolute atomic E-state index is 12.4. The van der Waals surface area contributed by atoms with Crippen LogP contribution in [0.25, 0.3) is 0 Å². The first-order chi connectivity index (χ1) is 14.2. The van der Waals surface area contributed by atoms with Crippen LogP contribution in [-0.2, 0) is 23.9 Å². The van der Waals surface area contributed by atoms with Crippen molar-refractivity contribution in [2.24, 2.45) is 34.5 Å². The van der Waals surface area contributed by atoms with Gasteiger partial charge in [-0.2, -0.15) is 0 Å². The molecule has 2 N–H and O–H groups in total. The number of aliphatic hydroxyl groups excluding tert-OH is 2. The van der Waals surface area contributed by atoms with Gasteiger partial charge in [0.2, 0.25) is 0 Å². The van der Waals surface area contributed by atoms with Gasteiger partial charge in [0.1, 0.15) is 19.0 Å². The van der Waals surface area contributed by atoms with Crippen molar-refractivity contribution in [3.63, 3.8) is 0 Å². The van der Waals surface area contributed by atoms with Gasteiger partial charge in [0, 0.05) is 36.0 Å². The Balaban J connectivity index is 1.77. The molecule has 3 saturated carbocycles. The van der Waals surface area contributed by atoms with E-state index in [2.05, 4.69) is 0 Å². The van der Waals surface area contributed by atoms with Crippen LogP contribution in [0, 0.1) is 34.5 Å². The molecule has 0 aliphatic heterocycles. The molecule has 0 aromatic rings. The van der Waals surface area contributed by atoms with Gasteiger partial charge in [-0.15, -0.1) is 0 Å². The van der Waals surface area contributed by atoms with E-state index in [0.717, 1.165) is 11.9 Å². The molecule has 1 unspecified atom stereocenters. The summed E-state index contributed by atoms with van der Waals surface area (Å²) in [5, 5.41) is 20.8. The fraction of sp³-hybridized carbons (Fsp3) is 0.739. The van der Waals surface area contributed by atoms with Crippen LogP contribution >= 0.6 is 0 Å². The van der Waals surface area contributed by atoms with Crippen molar-refractivity contribution in [1.29, 1.82) is 0 Å². The zero-order valence-electron chi connectivity index (χ0n) is 17.5. The van der Waals surface area contributed by atoms with Gasteiger partial charge in [0.05, 0.1) is 6.10 Å². The van der Waals surface area contributed by atoms with E-state index in [9.17, 15) is 29.4 Å². The van der Waals surface area contributed by atoms with Crippen molar-refractivity contribution in [2.45, 2.75) is 64.6 Å². The number of ketones is 2. The highest BCUT2D eigenvalue weighted by Gasteiger charge is 2.66. The predicted octanol–water partition coefficient (Wildman–Crippen LogP) is 1.39. The van der Waals surface area contributed by atoms with Gasteiger partial charge >= 0.3 is 5.97 Å². The van der Waals surface area contributed by atoms with Crippen LogP contribution in [0.3, 0.4) is 0 Å². The molecule has 0 aromatic heterocycles. The molecule has 7 heteroatoms. The van der Waals surface area contributed by atoms with E-state index in [1.807, 2.05) is 6.92 Å². The summed E-state index contributed by atoms with van der Waals surface area (Å²) in [6.07, 6.45) is 3.79. The number of esters is 1. The van der Waals surface area contributed by atoms with Crippen LogP contribution in [0.5, 0.6) is 0 Å². The topological polar surface area (TPSA) is 118 Å². The summed E-state index contributed by atoms with van der Waals surface area (Å²) in [6.45, 7) is 2.69. The third-order valence-corrected chi connectivity index (χ3v) is 8.65. The molecule has 4 rings (SSSR count). The first kappa shape index (κ1) is 21.4. The molecule has 30 heavy (non-hydrogen) atoms. The normalized spacial score (nSPS) is 44.9. The summed E-state index contributed by atoms with van der Waals surface area (Å²) in [6, 6.07) is 0. The molecule has 3 fully saturated rings. The molecular formula is C23H30O7. The summed E-state index contributed by atoms with van der Waals surface area (Å²) in [5.74, 6) is -1.80. The third-order valence-electron chi connectivity index (χ3n) is 8.65. The molecule has 7 nitrogen and oxygen atoms in total. The average Bonchev–Trinajstić information content (AvgIpc) is 3.07. The van der Waals surface area contributed by atoms with E-state index in [4.69, 9.17) is 4.74 Å². The van der Waals surface area contributed by atoms with Crippen LogP contribution < -0.4 is 0 Å². The number of fused-ring (bicyclic) bond motifs is 5.